The SMILES string of the molecule is Fc1ccc(F)c(COc2c(F)c(F)cc(F)c2F)c1. The first-order valence-corrected chi connectivity index (χ1v) is 5.30. The molecular weight excluding hydrogens is 286 g/mol. The fourth-order valence-corrected chi connectivity index (χ4v) is 1.48. The first-order valence-electron chi connectivity index (χ1n) is 5.30. The van der Waals surface area contributed by atoms with Crippen LogP contribution < -0.4 is 4.74 Å². The molecule has 0 aliphatic heterocycles. The topological polar surface area (TPSA) is 9.23 Å². The minimum Gasteiger partial charge on any atom is -0.483 e. The summed E-state index contributed by atoms with van der Waals surface area (Å²) in [7, 11) is 0. The van der Waals surface area contributed by atoms with Gasteiger partial charge in [-0.05, 0) is 18.2 Å². The Balaban J connectivity index is 2.30. The summed E-state index contributed by atoms with van der Waals surface area (Å²) in [4.78, 5) is 0. The van der Waals surface area contributed by atoms with Crippen LogP contribution in [0.3, 0.4) is 0 Å². The van der Waals surface area contributed by atoms with E-state index >= 15 is 0 Å². The Kier molecular flexibility index (Phi) is 3.87. The summed E-state index contributed by atoms with van der Waals surface area (Å²) in [5.41, 5.74) is -0.353. The molecule has 0 unspecified atom stereocenters. The van der Waals surface area contributed by atoms with E-state index in [9.17, 15) is 26.3 Å². The third kappa shape index (κ3) is 2.71. The maximum absolute atomic E-state index is 13.3. The molecule has 2 aromatic rings. The van der Waals surface area contributed by atoms with Gasteiger partial charge in [0, 0.05) is 11.6 Å². The summed E-state index contributed by atoms with van der Waals surface area (Å²) >= 11 is 0. The summed E-state index contributed by atoms with van der Waals surface area (Å²) in [6.45, 7) is -0.791. The van der Waals surface area contributed by atoms with Gasteiger partial charge in [-0.15, -0.1) is 0 Å². The van der Waals surface area contributed by atoms with E-state index in [4.69, 9.17) is 0 Å². The van der Waals surface area contributed by atoms with Crippen LogP contribution >= 0.6 is 0 Å². The summed E-state index contributed by atoms with van der Waals surface area (Å²) in [6.07, 6.45) is 0. The van der Waals surface area contributed by atoms with E-state index in [1.165, 1.54) is 0 Å². The molecule has 0 fully saturated rings. The smallest absolute Gasteiger partial charge is 0.203 e. The Morgan fingerprint density at radius 1 is 0.750 bits per heavy atom. The maximum Gasteiger partial charge on any atom is 0.203 e. The molecule has 0 saturated carbocycles. The molecule has 2 aromatic carbocycles. The van der Waals surface area contributed by atoms with E-state index in [0.29, 0.717) is 0 Å². The fourth-order valence-electron chi connectivity index (χ4n) is 1.48. The minimum absolute atomic E-state index is 0.0142. The fraction of sp³-hybridized carbons (Fsp3) is 0.0769. The largest absolute Gasteiger partial charge is 0.483 e. The van der Waals surface area contributed by atoms with E-state index in [1.54, 1.807) is 0 Å². The first kappa shape index (κ1) is 14.2. The van der Waals surface area contributed by atoms with Crippen molar-refractivity contribution in [2.24, 2.45) is 0 Å². The van der Waals surface area contributed by atoms with Crippen molar-refractivity contribution in [2.45, 2.75) is 6.61 Å². The number of halogens is 6. The molecular formula is C13H6F6O. The Morgan fingerprint density at radius 3 is 1.95 bits per heavy atom. The van der Waals surface area contributed by atoms with Crippen molar-refractivity contribution in [1.82, 2.24) is 0 Å². The van der Waals surface area contributed by atoms with Crippen LogP contribution in [0.4, 0.5) is 26.3 Å². The molecule has 0 aromatic heterocycles. The number of hydrogen-bond donors (Lipinski definition) is 0. The molecule has 0 N–H and O–H groups in total. The minimum atomic E-state index is -1.75. The molecule has 1 nitrogen and oxygen atoms in total. The van der Waals surface area contributed by atoms with Gasteiger partial charge >= 0.3 is 0 Å². The second-order valence-corrected chi connectivity index (χ2v) is 3.82. The summed E-state index contributed by atoms with van der Waals surface area (Å²) in [5.74, 6) is -9.81. The highest BCUT2D eigenvalue weighted by molar-refractivity contribution is 5.29. The van der Waals surface area contributed by atoms with Crippen LogP contribution in [0.25, 0.3) is 0 Å². The van der Waals surface area contributed by atoms with Crippen LogP contribution in [0.5, 0.6) is 5.75 Å². The lowest BCUT2D eigenvalue weighted by molar-refractivity contribution is 0.257. The average molecular weight is 292 g/mol. The molecule has 0 aliphatic carbocycles. The van der Waals surface area contributed by atoms with Gasteiger partial charge in [0.05, 0.1) is 0 Å². The van der Waals surface area contributed by atoms with Gasteiger partial charge in [-0.3, -0.25) is 0 Å². The molecule has 106 valence electrons. The van der Waals surface area contributed by atoms with E-state index in [1.807, 2.05) is 0 Å². The molecule has 0 bridgehead atoms. The molecule has 0 amide bonds. The van der Waals surface area contributed by atoms with Crippen molar-refractivity contribution in [3.05, 3.63) is 64.7 Å². The molecule has 0 aliphatic rings. The highest BCUT2D eigenvalue weighted by Crippen LogP contribution is 2.27. The highest BCUT2D eigenvalue weighted by Gasteiger charge is 2.21. The molecule has 2 rings (SSSR count). The zero-order valence-electron chi connectivity index (χ0n) is 9.69. The van der Waals surface area contributed by atoms with Gasteiger partial charge in [-0.2, -0.15) is 8.78 Å². The van der Waals surface area contributed by atoms with Crippen molar-refractivity contribution in [3.8, 4) is 5.75 Å². The highest BCUT2D eigenvalue weighted by atomic mass is 19.2. The van der Waals surface area contributed by atoms with E-state index in [2.05, 4.69) is 4.74 Å². The third-order valence-corrected chi connectivity index (χ3v) is 2.45. The quantitative estimate of drug-likeness (QED) is 0.611. The average Bonchev–Trinajstić information content (AvgIpc) is 2.40. The van der Waals surface area contributed by atoms with Crippen LogP contribution in [0.15, 0.2) is 24.3 Å². The Morgan fingerprint density at radius 2 is 1.35 bits per heavy atom. The summed E-state index contributed by atoms with van der Waals surface area (Å²) < 4.78 is 82.9. The monoisotopic (exact) mass is 292 g/mol. The molecule has 0 spiro atoms. The molecule has 7 heteroatoms. The predicted molar refractivity (Wildman–Crippen MR) is 57.0 cm³/mol. The lowest BCUT2D eigenvalue weighted by Crippen LogP contribution is -2.05. The van der Waals surface area contributed by atoms with E-state index in [0.717, 1.165) is 18.2 Å². The van der Waals surface area contributed by atoms with Gasteiger partial charge in [-0.25, -0.2) is 17.6 Å². The van der Waals surface area contributed by atoms with Crippen LogP contribution in [0, 0.1) is 34.9 Å². The van der Waals surface area contributed by atoms with E-state index in [-0.39, 0.29) is 11.6 Å². The van der Waals surface area contributed by atoms with Gasteiger partial charge < -0.3 is 4.74 Å². The lowest BCUT2D eigenvalue weighted by Gasteiger charge is -2.10. The van der Waals surface area contributed by atoms with Gasteiger partial charge in [0.25, 0.3) is 0 Å². The maximum atomic E-state index is 13.3. The van der Waals surface area contributed by atoms with E-state index < -0.39 is 47.3 Å². The van der Waals surface area contributed by atoms with Crippen molar-refractivity contribution in [2.75, 3.05) is 0 Å². The number of rotatable bonds is 3. The molecule has 0 radical (unpaired) electrons. The standard InChI is InChI=1S/C13H6F6O/c14-7-1-2-8(15)6(3-7)5-20-13-11(18)9(16)4-10(17)12(13)19/h1-4H,5H2. The Bertz CT molecular complexity index is 630. The lowest BCUT2D eigenvalue weighted by atomic mass is 10.2. The predicted octanol–water partition coefficient (Wildman–Crippen LogP) is 4.10. The van der Waals surface area contributed by atoms with Crippen LogP contribution in [0.2, 0.25) is 0 Å². The Labute approximate surface area is 109 Å². The van der Waals surface area contributed by atoms with Gasteiger partial charge in [-0.1, -0.05) is 0 Å². The van der Waals surface area contributed by atoms with Crippen LogP contribution in [0.1, 0.15) is 5.56 Å². The third-order valence-electron chi connectivity index (χ3n) is 2.45. The molecule has 0 saturated heterocycles. The van der Waals surface area contributed by atoms with Crippen molar-refractivity contribution < 1.29 is 31.1 Å². The van der Waals surface area contributed by atoms with Crippen molar-refractivity contribution in [3.63, 3.8) is 0 Å². The summed E-state index contributed by atoms with van der Waals surface area (Å²) in [6, 6.07) is 2.37. The molecule has 20 heavy (non-hydrogen) atoms. The second kappa shape index (κ2) is 5.44. The molecule has 0 heterocycles. The Hall–Kier alpha value is -2.18. The molecule has 0 atom stereocenters. The van der Waals surface area contributed by atoms with Crippen molar-refractivity contribution >= 4 is 0 Å². The zero-order valence-corrected chi connectivity index (χ0v) is 9.69. The van der Waals surface area contributed by atoms with Crippen molar-refractivity contribution in [1.29, 1.82) is 0 Å². The van der Waals surface area contributed by atoms with Gasteiger partial charge in [0.15, 0.2) is 17.4 Å². The zero-order chi connectivity index (χ0) is 14.9. The van der Waals surface area contributed by atoms with Gasteiger partial charge in [0.2, 0.25) is 11.6 Å². The number of benzene rings is 2. The normalized spacial score (nSPS) is 10.7. The number of hydrogen-bond acceptors (Lipinski definition) is 1. The second-order valence-electron chi connectivity index (χ2n) is 3.82. The van der Waals surface area contributed by atoms with Crippen LogP contribution in [-0.2, 0) is 6.61 Å². The first-order chi connectivity index (χ1) is 9.40. The van der Waals surface area contributed by atoms with Crippen LogP contribution in [-0.4, -0.2) is 0 Å². The van der Waals surface area contributed by atoms with Gasteiger partial charge in [0.1, 0.15) is 18.2 Å². The number of ether oxygens (including phenoxy) is 1. The summed E-state index contributed by atoms with van der Waals surface area (Å²) in [5, 5.41) is 0.